The summed E-state index contributed by atoms with van der Waals surface area (Å²) in [6.07, 6.45) is 1.67. The molecule has 0 aliphatic rings. The van der Waals surface area contributed by atoms with Crippen molar-refractivity contribution in [1.29, 1.82) is 0 Å². The number of hydrogen-bond donors (Lipinski definition) is 2. The van der Waals surface area contributed by atoms with Gasteiger partial charge in [0.15, 0.2) is 0 Å². The summed E-state index contributed by atoms with van der Waals surface area (Å²) in [5.74, 6) is -0.0934. The first-order valence-electron chi connectivity index (χ1n) is 7.16. The summed E-state index contributed by atoms with van der Waals surface area (Å²) < 4.78 is 6.96. The van der Waals surface area contributed by atoms with Gasteiger partial charge in [0, 0.05) is 37.3 Å². The molecule has 21 heavy (non-hydrogen) atoms. The molecule has 0 aliphatic carbocycles. The summed E-state index contributed by atoms with van der Waals surface area (Å²) in [5, 5.41) is 13.4. The van der Waals surface area contributed by atoms with E-state index in [0.717, 1.165) is 23.0 Å². The number of para-hydroxylation sites is 1. The average Bonchev–Trinajstić information content (AvgIpc) is 2.84. The van der Waals surface area contributed by atoms with E-state index in [0.29, 0.717) is 6.42 Å². The maximum atomic E-state index is 12.0. The maximum Gasteiger partial charge on any atom is 0.224 e. The van der Waals surface area contributed by atoms with Crippen LogP contribution < -0.4 is 5.32 Å². The molecule has 1 aromatic carbocycles. The molecular weight excluding hydrogens is 268 g/mol. The Labute approximate surface area is 124 Å². The van der Waals surface area contributed by atoms with E-state index in [1.165, 1.54) is 7.11 Å². The number of aromatic nitrogens is 1. The van der Waals surface area contributed by atoms with Crippen molar-refractivity contribution in [3.8, 4) is 0 Å². The fourth-order valence-corrected chi connectivity index (χ4v) is 2.44. The monoisotopic (exact) mass is 290 g/mol. The van der Waals surface area contributed by atoms with Gasteiger partial charge in [0.1, 0.15) is 0 Å². The van der Waals surface area contributed by atoms with Crippen molar-refractivity contribution in [3.05, 3.63) is 36.0 Å². The van der Waals surface area contributed by atoms with Gasteiger partial charge in [0.25, 0.3) is 0 Å². The van der Waals surface area contributed by atoms with Crippen molar-refractivity contribution in [2.75, 3.05) is 20.3 Å². The van der Waals surface area contributed by atoms with Gasteiger partial charge >= 0.3 is 0 Å². The molecule has 2 aromatic rings. The SMILES string of the molecule is CCn1cc(CC(=O)NCC(O)COC)c2ccccc21. The van der Waals surface area contributed by atoms with E-state index in [1.807, 2.05) is 24.4 Å². The third-order valence-electron chi connectivity index (χ3n) is 3.46. The Balaban J connectivity index is 2.04. The molecular formula is C16H22N2O3. The van der Waals surface area contributed by atoms with Gasteiger partial charge in [-0.05, 0) is 18.6 Å². The second-order valence-electron chi connectivity index (χ2n) is 5.05. The van der Waals surface area contributed by atoms with Crippen molar-refractivity contribution in [1.82, 2.24) is 9.88 Å². The summed E-state index contributed by atoms with van der Waals surface area (Å²) in [5.41, 5.74) is 2.15. The van der Waals surface area contributed by atoms with Gasteiger partial charge in [-0.25, -0.2) is 0 Å². The van der Waals surface area contributed by atoms with Crippen LogP contribution in [0, 0.1) is 0 Å². The lowest BCUT2D eigenvalue weighted by atomic mass is 10.1. The fourth-order valence-electron chi connectivity index (χ4n) is 2.44. The zero-order valence-electron chi connectivity index (χ0n) is 12.5. The van der Waals surface area contributed by atoms with Crippen LogP contribution in [0.3, 0.4) is 0 Å². The summed E-state index contributed by atoms with van der Waals surface area (Å²) >= 11 is 0. The van der Waals surface area contributed by atoms with E-state index in [-0.39, 0.29) is 19.1 Å². The summed E-state index contributed by atoms with van der Waals surface area (Å²) in [7, 11) is 1.52. The van der Waals surface area contributed by atoms with Gasteiger partial charge in [0.2, 0.25) is 5.91 Å². The highest BCUT2D eigenvalue weighted by atomic mass is 16.5. The van der Waals surface area contributed by atoms with Gasteiger partial charge in [-0.3, -0.25) is 4.79 Å². The number of amides is 1. The molecule has 1 atom stereocenters. The summed E-state index contributed by atoms with van der Waals surface area (Å²) in [6.45, 7) is 3.38. The van der Waals surface area contributed by atoms with Crippen LogP contribution in [-0.4, -0.2) is 41.9 Å². The first-order chi connectivity index (χ1) is 10.2. The normalized spacial score (nSPS) is 12.5. The Hall–Kier alpha value is -1.85. The Morgan fingerprint density at radius 3 is 2.90 bits per heavy atom. The number of hydrogen-bond acceptors (Lipinski definition) is 3. The number of carbonyl (C=O) groups is 1. The molecule has 0 saturated heterocycles. The summed E-state index contributed by atoms with van der Waals surface area (Å²) in [4.78, 5) is 12.0. The van der Waals surface area contributed by atoms with Gasteiger partial charge in [-0.15, -0.1) is 0 Å². The summed E-state index contributed by atoms with van der Waals surface area (Å²) in [6, 6.07) is 8.07. The highest BCUT2D eigenvalue weighted by Crippen LogP contribution is 2.21. The number of nitrogens with zero attached hydrogens (tertiary/aromatic N) is 1. The van der Waals surface area contributed by atoms with E-state index in [2.05, 4.69) is 22.9 Å². The number of benzene rings is 1. The van der Waals surface area contributed by atoms with Crippen LogP contribution in [0.4, 0.5) is 0 Å². The van der Waals surface area contributed by atoms with E-state index in [1.54, 1.807) is 0 Å². The topological polar surface area (TPSA) is 63.5 Å². The molecule has 0 aliphatic heterocycles. The molecule has 5 nitrogen and oxygen atoms in total. The average molecular weight is 290 g/mol. The number of nitrogens with one attached hydrogen (secondary N) is 1. The quantitative estimate of drug-likeness (QED) is 0.808. The molecule has 1 heterocycles. The molecule has 114 valence electrons. The van der Waals surface area contributed by atoms with E-state index >= 15 is 0 Å². The van der Waals surface area contributed by atoms with Crippen LogP contribution in [0.15, 0.2) is 30.5 Å². The van der Waals surface area contributed by atoms with Crippen molar-refractivity contribution >= 4 is 16.8 Å². The van der Waals surface area contributed by atoms with Crippen molar-refractivity contribution in [2.24, 2.45) is 0 Å². The van der Waals surface area contributed by atoms with Crippen LogP contribution in [0.5, 0.6) is 0 Å². The Morgan fingerprint density at radius 2 is 2.19 bits per heavy atom. The van der Waals surface area contributed by atoms with Crippen LogP contribution in [0.25, 0.3) is 10.9 Å². The highest BCUT2D eigenvalue weighted by Gasteiger charge is 2.12. The number of rotatable bonds is 7. The fraction of sp³-hybridized carbons (Fsp3) is 0.438. The zero-order valence-corrected chi connectivity index (χ0v) is 12.5. The molecule has 2 N–H and O–H groups in total. The molecule has 0 bridgehead atoms. The molecule has 0 radical (unpaired) electrons. The predicted molar refractivity (Wildman–Crippen MR) is 82.2 cm³/mol. The third kappa shape index (κ3) is 3.83. The van der Waals surface area contributed by atoms with E-state index in [4.69, 9.17) is 4.74 Å². The number of aryl methyl sites for hydroxylation is 1. The first kappa shape index (κ1) is 15.5. The van der Waals surface area contributed by atoms with Crippen LogP contribution in [0.1, 0.15) is 12.5 Å². The number of carbonyl (C=O) groups excluding carboxylic acids is 1. The first-order valence-corrected chi connectivity index (χ1v) is 7.16. The number of aliphatic hydroxyl groups is 1. The molecule has 1 amide bonds. The zero-order chi connectivity index (χ0) is 15.2. The minimum atomic E-state index is -0.670. The van der Waals surface area contributed by atoms with Gasteiger partial charge in [-0.1, -0.05) is 18.2 Å². The van der Waals surface area contributed by atoms with Gasteiger partial charge in [-0.2, -0.15) is 0 Å². The third-order valence-corrected chi connectivity index (χ3v) is 3.46. The Kier molecular flexibility index (Phi) is 5.36. The molecule has 2 rings (SSSR count). The van der Waals surface area contributed by atoms with Crippen molar-refractivity contribution < 1.29 is 14.6 Å². The number of methoxy groups -OCH3 is 1. The number of ether oxygens (including phenoxy) is 1. The second-order valence-corrected chi connectivity index (χ2v) is 5.05. The molecule has 0 spiro atoms. The highest BCUT2D eigenvalue weighted by molar-refractivity contribution is 5.89. The van der Waals surface area contributed by atoms with Crippen LogP contribution in [0.2, 0.25) is 0 Å². The Morgan fingerprint density at radius 1 is 1.43 bits per heavy atom. The molecule has 1 unspecified atom stereocenters. The van der Waals surface area contributed by atoms with E-state index < -0.39 is 6.10 Å². The van der Waals surface area contributed by atoms with Gasteiger partial charge < -0.3 is 19.7 Å². The largest absolute Gasteiger partial charge is 0.389 e. The smallest absolute Gasteiger partial charge is 0.224 e. The standard InChI is InChI=1S/C16H22N2O3/c1-3-18-10-12(14-6-4-5-7-15(14)18)8-16(20)17-9-13(19)11-21-2/h4-7,10,13,19H,3,8-9,11H2,1-2H3,(H,17,20). The van der Waals surface area contributed by atoms with Crippen LogP contribution in [-0.2, 0) is 22.5 Å². The lowest BCUT2D eigenvalue weighted by Gasteiger charge is -2.10. The maximum absolute atomic E-state index is 12.0. The number of fused-ring (bicyclic) bond motifs is 1. The molecule has 0 saturated carbocycles. The van der Waals surface area contributed by atoms with Crippen molar-refractivity contribution in [2.45, 2.75) is 26.0 Å². The van der Waals surface area contributed by atoms with Gasteiger partial charge in [0.05, 0.1) is 19.1 Å². The lowest BCUT2D eigenvalue weighted by molar-refractivity contribution is -0.121. The lowest BCUT2D eigenvalue weighted by Crippen LogP contribution is -2.35. The number of aliphatic hydroxyl groups excluding tert-OH is 1. The Bertz CT molecular complexity index is 607. The molecule has 5 heteroatoms. The van der Waals surface area contributed by atoms with Crippen molar-refractivity contribution in [3.63, 3.8) is 0 Å². The van der Waals surface area contributed by atoms with Crippen LogP contribution >= 0.6 is 0 Å². The molecule has 1 aromatic heterocycles. The second kappa shape index (κ2) is 7.24. The molecule has 0 fully saturated rings. The minimum absolute atomic E-state index is 0.0934. The minimum Gasteiger partial charge on any atom is -0.389 e. The van der Waals surface area contributed by atoms with E-state index in [9.17, 15) is 9.90 Å². The predicted octanol–water partition coefficient (Wildman–Crippen LogP) is 1.33.